The smallest absolute Gasteiger partial charge is 0.339 e. The third kappa shape index (κ3) is 2.85. The van der Waals surface area contributed by atoms with Crippen LogP contribution >= 0.6 is 0 Å². The number of rotatable bonds is 2. The fraction of sp³-hybridized carbons (Fsp3) is 0.400. The first-order chi connectivity index (χ1) is 13.7. The van der Waals surface area contributed by atoms with Crippen molar-refractivity contribution in [1.82, 2.24) is 24.5 Å². The number of hydrogen-bond acceptors (Lipinski definition) is 5. The van der Waals surface area contributed by atoms with Crippen LogP contribution in [-0.2, 0) is 6.42 Å². The fourth-order valence-electron chi connectivity index (χ4n) is 4.17. The second kappa shape index (κ2) is 6.78. The normalized spacial score (nSPS) is 17.0. The van der Waals surface area contributed by atoms with Gasteiger partial charge in [0, 0.05) is 43.8 Å². The monoisotopic (exact) mass is 378 g/mol. The van der Waals surface area contributed by atoms with E-state index in [1.165, 1.54) is 10.8 Å². The maximum Gasteiger partial charge on any atom is 0.347 e. The molecule has 28 heavy (non-hydrogen) atoms. The van der Waals surface area contributed by atoms with Crippen molar-refractivity contribution in [2.75, 3.05) is 24.5 Å². The van der Waals surface area contributed by atoms with Crippen LogP contribution in [0.5, 0.6) is 0 Å². The number of piperidine rings is 1. The highest BCUT2D eigenvalue weighted by Gasteiger charge is 2.24. The standard InChI is InChI=1S/C20H22N6O2/c27-19(24-7-2-1-3-8-24)15-11-14-5-4-9-25(18(14)21-13-15)16-6-10-26-17(12-16)22-23-20(26)28/h6,10-13H,1-5,7-9H2,(H,23,28). The number of aryl methyl sites for hydroxylation is 1. The van der Waals surface area contributed by atoms with Gasteiger partial charge in [0.25, 0.3) is 5.91 Å². The van der Waals surface area contributed by atoms with E-state index < -0.39 is 0 Å². The van der Waals surface area contributed by atoms with Crippen molar-refractivity contribution in [3.05, 3.63) is 52.2 Å². The Hall–Kier alpha value is -3.16. The molecule has 1 amide bonds. The summed E-state index contributed by atoms with van der Waals surface area (Å²) in [6.07, 6.45) is 8.67. The third-order valence-electron chi connectivity index (χ3n) is 5.63. The SMILES string of the molecule is O=C(c1cnc2c(c1)CCCN2c1ccn2c(=O)[nH]nc2c1)N1CCCCC1. The summed E-state index contributed by atoms with van der Waals surface area (Å²) in [7, 11) is 0. The number of aromatic nitrogens is 4. The van der Waals surface area contributed by atoms with Crippen LogP contribution in [0, 0.1) is 0 Å². The highest BCUT2D eigenvalue weighted by Crippen LogP contribution is 2.32. The molecule has 0 spiro atoms. The first kappa shape index (κ1) is 17.0. The largest absolute Gasteiger partial charge is 0.347 e. The van der Waals surface area contributed by atoms with E-state index in [9.17, 15) is 9.59 Å². The molecule has 0 unspecified atom stereocenters. The molecule has 1 N–H and O–H groups in total. The number of amides is 1. The van der Waals surface area contributed by atoms with E-state index >= 15 is 0 Å². The molecule has 3 aromatic heterocycles. The van der Waals surface area contributed by atoms with Crippen molar-refractivity contribution in [2.24, 2.45) is 0 Å². The molecule has 3 aromatic rings. The van der Waals surface area contributed by atoms with Gasteiger partial charge in [0.2, 0.25) is 0 Å². The molecule has 0 aliphatic carbocycles. The summed E-state index contributed by atoms with van der Waals surface area (Å²) in [5.74, 6) is 0.966. The Labute approximate surface area is 161 Å². The first-order valence-electron chi connectivity index (χ1n) is 9.83. The Kier molecular flexibility index (Phi) is 4.11. The number of carbonyl (C=O) groups is 1. The van der Waals surface area contributed by atoms with Crippen LogP contribution in [0.2, 0.25) is 0 Å². The molecule has 144 valence electrons. The number of H-pyrrole nitrogens is 1. The summed E-state index contributed by atoms with van der Waals surface area (Å²) in [5, 5.41) is 6.51. The van der Waals surface area contributed by atoms with E-state index in [0.29, 0.717) is 11.2 Å². The molecule has 5 heterocycles. The van der Waals surface area contributed by atoms with Crippen LogP contribution in [0.3, 0.4) is 0 Å². The van der Waals surface area contributed by atoms with Crippen LogP contribution < -0.4 is 10.6 Å². The Balaban J connectivity index is 1.47. The lowest BCUT2D eigenvalue weighted by molar-refractivity contribution is 0.0724. The number of nitrogens with zero attached hydrogens (tertiary/aromatic N) is 5. The Morgan fingerprint density at radius 2 is 1.93 bits per heavy atom. The van der Waals surface area contributed by atoms with E-state index in [1.54, 1.807) is 12.4 Å². The molecule has 5 rings (SSSR count). The lowest BCUT2D eigenvalue weighted by Gasteiger charge is -2.31. The minimum atomic E-state index is -0.250. The molecule has 0 aromatic carbocycles. The van der Waals surface area contributed by atoms with Gasteiger partial charge < -0.3 is 9.80 Å². The number of nitrogens with one attached hydrogen (secondary N) is 1. The maximum atomic E-state index is 12.8. The van der Waals surface area contributed by atoms with Crippen LogP contribution in [-0.4, -0.2) is 50.0 Å². The topological polar surface area (TPSA) is 86.6 Å². The van der Waals surface area contributed by atoms with Crippen molar-refractivity contribution in [1.29, 1.82) is 0 Å². The van der Waals surface area contributed by atoms with Gasteiger partial charge in [-0.1, -0.05) is 0 Å². The molecule has 0 atom stereocenters. The summed E-state index contributed by atoms with van der Waals surface area (Å²) >= 11 is 0. The molecule has 2 aliphatic heterocycles. The number of fused-ring (bicyclic) bond motifs is 2. The summed E-state index contributed by atoms with van der Waals surface area (Å²) in [6, 6.07) is 5.78. The van der Waals surface area contributed by atoms with Crippen molar-refractivity contribution in [3.63, 3.8) is 0 Å². The van der Waals surface area contributed by atoms with Gasteiger partial charge in [0.05, 0.1) is 5.56 Å². The maximum absolute atomic E-state index is 12.8. The zero-order valence-corrected chi connectivity index (χ0v) is 15.6. The molecular weight excluding hydrogens is 356 g/mol. The van der Waals surface area contributed by atoms with Crippen LogP contribution in [0.15, 0.2) is 35.4 Å². The van der Waals surface area contributed by atoms with Crippen molar-refractivity contribution < 1.29 is 4.79 Å². The summed E-state index contributed by atoms with van der Waals surface area (Å²) in [6.45, 7) is 2.51. The number of likely N-dealkylation sites (tertiary alicyclic amines) is 1. The Morgan fingerprint density at radius 1 is 1.07 bits per heavy atom. The Morgan fingerprint density at radius 3 is 2.79 bits per heavy atom. The minimum Gasteiger partial charge on any atom is -0.339 e. The average Bonchev–Trinajstić information content (AvgIpc) is 3.13. The number of anilines is 2. The summed E-state index contributed by atoms with van der Waals surface area (Å²) < 4.78 is 1.47. The second-order valence-electron chi connectivity index (χ2n) is 7.46. The molecule has 8 nitrogen and oxygen atoms in total. The van der Waals surface area contributed by atoms with Crippen molar-refractivity contribution in [3.8, 4) is 0 Å². The van der Waals surface area contributed by atoms with Gasteiger partial charge >= 0.3 is 5.69 Å². The van der Waals surface area contributed by atoms with E-state index in [1.807, 2.05) is 23.1 Å². The van der Waals surface area contributed by atoms with E-state index in [2.05, 4.69) is 20.1 Å². The number of aromatic amines is 1. The Bertz CT molecular complexity index is 1100. The third-order valence-corrected chi connectivity index (χ3v) is 5.63. The van der Waals surface area contributed by atoms with Crippen LogP contribution in [0.25, 0.3) is 5.65 Å². The average molecular weight is 378 g/mol. The van der Waals surface area contributed by atoms with Gasteiger partial charge in [-0.05, 0) is 49.8 Å². The molecule has 0 bridgehead atoms. The van der Waals surface area contributed by atoms with Gasteiger partial charge in [-0.2, -0.15) is 5.10 Å². The predicted octanol–water partition coefficient (Wildman–Crippen LogP) is 2.13. The molecule has 0 radical (unpaired) electrons. The van der Waals surface area contributed by atoms with Gasteiger partial charge in [-0.25, -0.2) is 14.9 Å². The number of hydrogen-bond donors (Lipinski definition) is 1. The molecule has 0 saturated carbocycles. The van der Waals surface area contributed by atoms with Crippen molar-refractivity contribution in [2.45, 2.75) is 32.1 Å². The van der Waals surface area contributed by atoms with E-state index in [0.717, 1.165) is 62.4 Å². The van der Waals surface area contributed by atoms with Gasteiger partial charge in [-0.3, -0.25) is 9.20 Å². The quantitative estimate of drug-likeness (QED) is 0.738. The zero-order chi connectivity index (χ0) is 19.1. The van der Waals surface area contributed by atoms with E-state index in [-0.39, 0.29) is 11.6 Å². The van der Waals surface area contributed by atoms with Crippen molar-refractivity contribution >= 4 is 23.1 Å². The molecule has 1 fully saturated rings. The fourth-order valence-corrected chi connectivity index (χ4v) is 4.17. The van der Waals surface area contributed by atoms with Crippen LogP contribution in [0.4, 0.5) is 11.5 Å². The molecule has 2 aliphatic rings. The first-order valence-corrected chi connectivity index (χ1v) is 9.83. The predicted molar refractivity (Wildman–Crippen MR) is 105 cm³/mol. The van der Waals surface area contributed by atoms with Gasteiger partial charge in [0.1, 0.15) is 5.82 Å². The molecular formula is C20H22N6O2. The number of carbonyl (C=O) groups excluding carboxylic acids is 1. The summed E-state index contributed by atoms with van der Waals surface area (Å²) in [5.41, 5.74) is 3.03. The second-order valence-corrected chi connectivity index (χ2v) is 7.46. The molecule has 1 saturated heterocycles. The van der Waals surface area contributed by atoms with Gasteiger partial charge in [-0.15, -0.1) is 0 Å². The highest BCUT2D eigenvalue weighted by molar-refractivity contribution is 5.94. The number of pyridine rings is 2. The zero-order valence-electron chi connectivity index (χ0n) is 15.6. The lowest BCUT2D eigenvalue weighted by Crippen LogP contribution is -2.36. The highest BCUT2D eigenvalue weighted by atomic mass is 16.2. The van der Waals surface area contributed by atoms with Crippen LogP contribution in [0.1, 0.15) is 41.6 Å². The molecule has 8 heteroatoms. The summed E-state index contributed by atoms with van der Waals surface area (Å²) in [4.78, 5) is 33.2. The minimum absolute atomic E-state index is 0.0874. The van der Waals surface area contributed by atoms with E-state index in [4.69, 9.17) is 0 Å². The van der Waals surface area contributed by atoms with Gasteiger partial charge in [0.15, 0.2) is 5.65 Å². The lowest BCUT2D eigenvalue weighted by atomic mass is 10.0.